The molecule has 0 aliphatic rings. The molecule has 0 aliphatic heterocycles. The highest BCUT2D eigenvalue weighted by Crippen LogP contribution is 2.27. The molecule has 0 radical (unpaired) electrons. The third kappa shape index (κ3) is 4.73. The number of benzene rings is 1. The first-order valence-electron chi connectivity index (χ1n) is 6.49. The van der Waals surface area contributed by atoms with Gasteiger partial charge < -0.3 is 16.0 Å². The van der Waals surface area contributed by atoms with Gasteiger partial charge in [-0.25, -0.2) is 0 Å². The molecule has 0 unspecified atom stereocenters. The van der Waals surface area contributed by atoms with E-state index in [0.717, 1.165) is 11.3 Å². The van der Waals surface area contributed by atoms with Crippen LogP contribution >= 0.6 is 11.6 Å². The fourth-order valence-electron chi connectivity index (χ4n) is 1.88. The van der Waals surface area contributed by atoms with Gasteiger partial charge in [-0.15, -0.1) is 0 Å². The Hall–Kier alpha value is -1.26. The lowest BCUT2D eigenvalue weighted by Crippen LogP contribution is -2.35. The van der Waals surface area contributed by atoms with Crippen LogP contribution in [0, 0.1) is 0 Å². The molecule has 0 saturated carbocycles. The van der Waals surface area contributed by atoms with Crippen molar-refractivity contribution in [2.24, 2.45) is 5.73 Å². The van der Waals surface area contributed by atoms with Crippen molar-refractivity contribution in [3.8, 4) is 0 Å². The molecule has 1 aromatic rings. The Labute approximate surface area is 119 Å². The lowest BCUT2D eigenvalue weighted by molar-refractivity contribution is -0.116. The zero-order valence-electron chi connectivity index (χ0n) is 11.7. The van der Waals surface area contributed by atoms with E-state index in [1.165, 1.54) is 0 Å². The molecular formula is C14H22ClN3O. The second-order valence-corrected chi connectivity index (χ2v) is 5.16. The number of hydrogen-bond donors (Lipinski definition) is 2. The Kier molecular flexibility index (Phi) is 6.12. The monoisotopic (exact) mass is 283 g/mol. The molecule has 0 atom stereocenters. The Balaban J connectivity index is 3.03. The topological polar surface area (TPSA) is 58.4 Å². The quantitative estimate of drug-likeness (QED) is 0.806. The summed E-state index contributed by atoms with van der Waals surface area (Å²) in [4.78, 5) is 13.1. The van der Waals surface area contributed by atoms with Crippen molar-refractivity contribution in [1.29, 1.82) is 0 Å². The Morgan fingerprint density at radius 1 is 1.47 bits per heavy atom. The molecule has 0 heterocycles. The summed E-state index contributed by atoms with van der Waals surface area (Å²) in [5.41, 5.74) is 7.25. The van der Waals surface area contributed by atoms with Crippen molar-refractivity contribution in [2.75, 3.05) is 18.0 Å². The maximum Gasteiger partial charge on any atom is 0.236 e. The maximum absolute atomic E-state index is 11.1. The number of primary amides is 1. The van der Waals surface area contributed by atoms with Crippen LogP contribution in [0.1, 0.15) is 26.3 Å². The highest BCUT2D eigenvalue weighted by Gasteiger charge is 2.14. The molecule has 0 aliphatic carbocycles. The van der Waals surface area contributed by atoms with Crippen LogP contribution in [0.3, 0.4) is 0 Å². The third-order valence-corrected chi connectivity index (χ3v) is 3.20. The van der Waals surface area contributed by atoms with E-state index in [4.69, 9.17) is 17.3 Å². The zero-order valence-corrected chi connectivity index (χ0v) is 12.5. The van der Waals surface area contributed by atoms with E-state index in [9.17, 15) is 4.79 Å². The van der Waals surface area contributed by atoms with Crippen LogP contribution in [0.4, 0.5) is 5.69 Å². The largest absolute Gasteiger partial charge is 0.368 e. The number of anilines is 1. The summed E-state index contributed by atoms with van der Waals surface area (Å²) in [5.74, 6) is -0.343. The molecule has 3 N–H and O–H groups in total. The fraction of sp³-hybridized carbons (Fsp3) is 0.500. The van der Waals surface area contributed by atoms with Gasteiger partial charge in [-0.1, -0.05) is 31.5 Å². The van der Waals surface area contributed by atoms with Crippen molar-refractivity contribution in [1.82, 2.24) is 5.32 Å². The molecule has 0 bridgehead atoms. The Morgan fingerprint density at radius 3 is 2.68 bits per heavy atom. The standard InChI is InChI=1S/C14H22ClN3O/c1-4-18(9-14(16)19)13-7-5-6-12(15)11(13)8-17-10(2)3/h5-7,10,17H,4,8-9H2,1-3H3,(H2,16,19). The van der Waals surface area contributed by atoms with E-state index in [1.807, 2.05) is 30.0 Å². The van der Waals surface area contributed by atoms with E-state index in [-0.39, 0.29) is 12.5 Å². The minimum absolute atomic E-state index is 0.200. The van der Waals surface area contributed by atoms with E-state index >= 15 is 0 Å². The molecular weight excluding hydrogens is 262 g/mol. The fourth-order valence-corrected chi connectivity index (χ4v) is 2.12. The lowest BCUT2D eigenvalue weighted by Gasteiger charge is -2.25. The average Bonchev–Trinajstić information content (AvgIpc) is 2.33. The number of halogens is 1. The van der Waals surface area contributed by atoms with Crippen LogP contribution in [0.25, 0.3) is 0 Å². The highest BCUT2D eigenvalue weighted by atomic mass is 35.5. The van der Waals surface area contributed by atoms with Crippen LogP contribution in [0.5, 0.6) is 0 Å². The van der Waals surface area contributed by atoms with Gasteiger partial charge in [-0.2, -0.15) is 0 Å². The lowest BCUT2D eigenvalue weighted by atomic mass is 10.1. The molecule has 19 heavy (non-hydrogen) atoms. The number of carbonyl (C=O) groups is 1. The van der Waals surface area contributed by atoms with Crippen molar-refractivity contribution in [3.63, 3.8) is 0 Å². The number of likely N-dealkylation sites (N-methyl/N-ethyl adjacent to an activating group) is 1. The van der Waals surface area contributed by atoms with Crippen LogP contribution in [0.2, 0.25) is 5.02 Å². The predicted octanol–water partition coefficient (Wildman–Crippen LogP) is 2.15. The first kappa shape index (κ1) is 15.8. The van der Waals surface area contributed by atoms with Crippen molar-refractivity contribution < 1.29 is 4.79 Å². The summed E-state index contributed by atoms with van der Waals surface area (Å²) >= 11 is 6.27. The molecule has 106 valence electrons. The Morgan fingerprint density at radius 2 is 2.16 bits per heavy atom. The van der Waals surface area contributed by atoms with E-state index in [2.05, 4.69) is 19.2 Å². The number of carbonyl (C=O) groups excluding carboxylic acids is 1. The van der Waals surface area contributed by atoms with Gasteiger partial charge in [-0.05, 0) is 19.1 Å². The summed E-state index contributed by atoms with van der Waals surface area (Å²) in [5, 5.41) is 4.05. The van der Waals surface area contributed by atoms with Crippen LogP contribution < -0.4 is 16.0 Å². The molecule has 0 saturated heterocycles. The molecule has 1 amide bonds. The average molecular weight is 284 g/mol. The van der Waals surface area contributed by atoms with E-state index < -0.39 is 0 Å². The Bertz CT molecular complexity index is 435. The van der Waals surface area contributed by atoms with Gasteiger partial charge in [0.25, 0.3) is 0 Å². The normalized spacial score (nSPS) is 10.8. The third-order valence-electron chi connectivity index (χ3n) is 2.85. The van der Waals surface area contributed by atoms with E-state index in [1.54, 1.807) is 0 Å². The number of nitrogens with two attached hydrogens (primary N) is 1. The second kappa shape index (κ2) is 7.36. The van der Waals surface area contributed by atoms with Crippen molar-refractivity contribution >= 4 is 23.2 Å². The smallest absolute Gasteiger partial charge is 0.236 e. The summed E-state index contributed by atoms with van der Waals surface area (Å²) in [7, 11) is 0. The molecule has 1 rings (SSSR count). The first-order chi connectivity index (χ1) is 8.95. The van der Waals surface area contributed by atoms with Gasteiger partial charge in [0, 0.05) is 35.4 Å². The zero-order chi connectivity index (χ0) is 14.4. The van der Waals surface area contributed by atoms with Crippen LogP contribution in [-0.4, -0.2) is 25.0 Å². The second-order valence-electron chi connectivity index (χ2n) is 4.75. The van der Waals surface area contributed by atoms with Crippen molar-refractivity contribution in [3.05, 3.63) is 28.8 Å². The number of rotatable bonds is 7. The molecule has 4 nitrogen and oxygen atoms in total. The predicted molar refractivity (Wildman–Crippen MR) is 80.5 cm³/mol. The maximum atomic E-state index is 11.1. The highest BCUT2D eigenvalue weighted by molar-refractivity contribution is 6.31. The van der Waals surface area contributed by atoms with Gasteiger partial charge in [0.15, 0.2) is 0 Å². The molecule has 0 aromatic heterocycles. The number of nitrogens with one attached hydrogen (secondary N) is 1. The SMILES string of the molecule is CCN(CC(N)=O)c1cccc(Cl)c1CNC(C)C. The number of hydrogen-bond acceptors (Lipinski definition) is 3. The summed E-state index contributed by atoms with van der Waals surface area (Å²) in [6, 6.07) is 6.09. The summed E-state index contributed by atoms with van der Waals surface area (Å²) < 4.78 is 0. The molecule has 0 fully saturated rings. The van der Waals surface area contributed by atoms with Crippen LogP contribution in [-0.2, 0) is 11.3 Å². The van der Waals surface area contributed by atoms with Crippen LogP contribution in [0.15, 0.2) is 18.2 Å². The van der Waals surface area contributed by atoms with Gasteiger partial charge in [0.1, 0.15) is 0 Å². The van der Waals surface area contributed by atoms with Crippen molar-refractivity contribution in [2.45, 2.75) is 33.4 Å². The number of nitrogens with zero attached hydrogens (tertiary/aromatic N) is 1. The van der Waals surface area contributed by atoms with Gasteiger partial charge in [0.2, 0.25) is 5.91 Å². The molecule has 1 aromatic carbocycles. The van der Waals surface area contributed by atoms with E-state index in [0.29, 0.717) is 24.2 Å². The number of amides is 1. The van der Waals surface area contributed by atoms with Gasteiger partial charge >= 0.3 is 0 Å². The first-order valence-corrected chi connectivity index (χ1v) is 6.87. The van der Waals surface area contributed by atoms with Gasteiger partial charge in [0.05, 0.1) is 6.54 Å². The summed E-state index contributed by atoms with van der Waals surface area (Å²) in [6.45, 7) is 7.73. The summed E-state index contributed by atoms with van der Waals surface area (Å²) in [6.07, 6.45) is 0. The van der Waals surface area contributed by atoms with Gasteiger partial charge in [-0.3, -0.25) is 4.79 Å². The minimum Gasteiger partial charge on any atom is -0.368 e. The molecule has 0 spiro atoms. The minimum atomic E-state index is -0.343. The molecule has 5 heteroatoms.